The van der Waals surface area contributed by atoms with E-state index in [2.05, 4.69) is 39.5 Å². The van der Waals surface area contributed by atoms with Crippen LogP contribution in [0.15, 0.2) is 85.0 Å². The summed E-state index contributed by atoms with van der Waals surface area (Å²) >= 11 is 0. The first-order valence-corrected chi connectivity index (χ1v) is 11.0. The molecule has 3 heterocycles. The van der Waals surface area contributed by atoms with Gasteiger partial charge in [0, 0.05) is 17.1 Å². The van der Waals surface area contributed by atoms with E-state index in [1.807, 2.05) is 31.3 Å². The van der Waals surface area contributed by atoms with Crippen molar-refractivity contribution in [1.29, 1.82) is 0 Å². The Balaban J connectivity index is 1.33. The minimum Gasteiger partial charge on any atom is -0.490 e. The zero-order valence-electron chi connectivity index (χ0n) is 18.4. The summed E-state index contributed by atoms with van der Waals surface area (Å²) in [6.07, 6.45) is 16.4. The van der Waals surface area contributed by atoms with Crippen LogP contribution in [0.3, 0.4) is 0 Å². The summed E-state index contributed by atoms with van der Waals surface area (Å²) < 4.78 is 17.2. The van der Waals surface area contributed by atoms with Crippen molar-refractivity contribution in [3.05, 3.63) is 90.7 Å². The molecule has 3 N–H and O–H groups in total. The number of aromatic amines is 1. The van der Waals surface area contributed by atoms with Crippen molar-refractivity contribution < 1.29 is 14.2 Å². The molecular formula is C26H26N4O3. The summed E-state index contributed by atoms with van der Waals surface area (Å²) in [5.41, 5.74) is 11.8. The van der Waals surface area contributed by atoms with Crippen LogP contribution < -0.4 is 10.5 Å². The summed E-state index contributed by atoms with van der Waals surface area (Å²) in [5, 5.41) is 8.40. The number of fused-ring (bicyclic) bond motifs is 1. The number of aromatic nitrogens is 3. The van der Waals surface area contributed by atoms with Crippen LogP contribution >= 0.6 is 0 Å². The molecule has 1 unspecified atom stereocenters. The van der Waals surface area contributed by atoms with Gasteiger partial charge in [-0.25, -0.2) is 0 Å². The van der Waals surface area contributed by atoms with Crippen molar-refractivity contribution >= 4 is 10.9 Å². The number of nitrogens with zero attached hydrogens (tertiary/aromatic N) is 2. The lowest BCUT2D eigenvalue weighted by atomic mass is 9.85. The number of hydrogen-bond acceptors (Lipinski definition) is 6. The largest absolute Gasteiger partial charge is 0.490 e. The minimum absolute atomic E-state index is 0.137. The molecule has 0 fully saturated rings. The molecule has 3 aromatic rings. The molecular weight excluding hydrogens is 416 g/mol. The van der Waals surface area contributed by atoms with Crippen LogP contribution in [0.5, 0.6) is 5.75 Å². The Morgan fingerprint density at radius 2 is 2.12 bits per heavy atom. The molecule has 0 saturated carbocycles. The highest BCUT2D eigenvalue weighted by Gasteiger charge is 2.29. The summed E-state index contributed by atoms with van der Waals surface area (Å²) in [6.45, 7) is 2.29. The molecule has 0 saturated heterocycles. The molecule has 7 nitrogen and oxygen atoms in total. The Bertz CT molecular complexity index is 1270. The second kappa shape index (κ2) is 9.34. The summed E-state index contributed by atoms with van der Waals surface area (Å²) in [5.74, 6) is 1.21. The third-order valence-corrected chi connectivity index (χ3v) is 5.95. The van der Waals surface area contributed by atoms with E-state index < -0.39 is 0 Å². The van der Waals surface area contributed by atoms with Crippen molar-refractivity contribution in [1.82, 2.24) is 15.2 Å². The third kappa shape index (κ3) is 4.54. The number of hydrogen-bond donors (Lipinski definition) is 2. The first kappa shape index (κ1) is 21.0. The fourth-order valence-electron chi connectivity index (χ4n) is 4.24. The second-order valence-electron chi connectivity index (χ2n) is 8.19. The molecule has 1 aliphatic heterocycles. The second-order valence-corrected chi connectivity index (χ2v) is 8.19. The van der Waals surface area contributed by atoms with Crippen LogP contribution in [0.4, 0.5) is 0 Å². The molecule has 33 heavy (non-hydrogen) atoms. The highest BCUT2D eigenvalue weighted by Crippen LogP contribution is 2.32. The smallest absolute Gasteiger partial charge is 0.147 e. The van der Waals surface area contributed by atoms with Gasteiger partial charge < -0.3 is 19.9 Å². The molecule has 1 aromatic carbocycles. The first-order valence-electron chi connectivity index (χ1n) is 11.0. The lowest BCUT2D eigenvalue weighted by molar-refractivity contribution is 0.193. The van der Waals surface area contributed by atoms with Crippen LogP contribution in [0, 0.1) is 12.8 Å². The predicted molar refractivity (Wildman–Crippen MR) is 127 cm³/mol. The Labute approximate surface area is 192 Å². The van der Waals surface area contributed by atoms with E-state index >= 15 is 0 Å². The highest BCUT2D eigenvalue weighted by atomic mass is 16.5. The number of aryl methyl sites for hydroxylation is 1. The van der Waals surface area contributed by atoms with Crippen molar-refractivity contribution in [3.63, 3.8) is 0 Å². The first-order chi connectivity index (χ1) is 16.2. The predicted octanol–water partition coefficient (Wildman–Crippen LogP) is 4.89. The number of benzene rings is 1. The fourth-order valence-corrected chi connectivity index (χ4v) is 4.24. The average Bonchev–Trinajstić information content (AvgIpc) is 3.24. The molecule has 2 aromatic heterocycles. The third-order valence-electron chi connectivity index (χ3n) is 5.95. The zero-order valence-corrected chi connectivity index (χ0v) is 18.4. The molecule has 1 aliphatic carbocycles. The Hall–Kier alpha value is -3.84. The van der Waals surface area contributed by atoms with Crippen molar-refractivity contribution in [2.75, 3.05) is 6.61 Å². The van der Waals surface area contributed by atoms with E-state index in [9.17, 15) is 0 Å². The van der Waals surface area contributed by atoms with Gasteiger partial charge in [-0.15, -0.1) is 0 Å². The quantitative estimate of drug-likeness (QED) is 0.541. The number of rotatable bonds is 7. The lowest BCUT2D eigenvalue weighted by Gasteiger charge is -2.29. The molecule has 0 spiro atoms. The molecule has 2 atom stereocenters. The number of H-pyrrole nitrogens is 1. The molecule has 0 radical (unpaired) electrons. The standard InChI is InChI=1S/C26H26N4O3/c1-17-22-12-19(7-8-24(22)30-29-17)20-11-21(14-28-13-20)33-15-23(27)26(18-5-3-2-4-6-18)25-16-31-9-10-32-25/h2-3,5,7-14,16,23,26H,4,6,15,27H2,1H3,(H,29,30)/t23-,26?/m1/s1. The van der Waals surface area contributed by atoms with Gasteiger partial charge in [-0.05, 0) is 43.5 Å². The lowest BCUT2D eigenvalue weighted by Crippen LogP contribution is -2.39. The summed E-state index contributed by atoms with van der Waals surface area (Å²) in [7, 11) is 0. The summed E-state index contributed by atoms with van der Waals surface area (Å²) in [6, 6.07) is 7.85. The van der Waals surface area contributed by atoms with Crippen LogP contribution in [0.1, 0.15) is 18.5 Å². The van der Waals surface area contributed by atoms with Crippen LogP contribution in [-0.4, -0.2) is 27.8 Å². The van der Waals surface area contributed by atoms with Crippen LogP contribution in [-0.2, 0) is 9.47 Å². The number of pyridine rings is 1. The fraction of sp³-hybridized carbons (Fsp3) is 0.231. The molecule has 7 heteroatoms. The van der Waals surface area contributed by atoms with E-state index in [0.29, 0.717) is 18.1 Å². The van der Waals surface area contributed by atoms with Gasteiger partial charge in [-0.1, -0.05) is 29.9 Å². The van der Waals surface area contributed by atoms with Crippen molar-refractivity contribution in [2.24, 2.45) is 11.7 Å². The maximum atomic E-state index is 6.62. The average molecular weight is 443 g/mol. The normalized spacial score (nSPS) is 17.0. The molecule has 0 amide bonds. The highest BCUT2D eigenvalue weighted by molar-refractivity contribution is 5.86. The number of nitrogens with two attached hydrogens (primary N) is 1. The van der Waals surface area contributed by atoms with E-state index in [4.69, 9.17) is 19.9 Å². The van der Waals surface area contributed by atoms with Gasteiger partial charge in [-0.2, -0.15) is 5.10 Å². The van der Waals surface area contributed by atoms with E-state index in [0.717, 1.165) is 40.6 Å². The van der Waals surface area contributed by atoms with Gasteiger partial charge in [0.1, 0.15) is 36.9 Å². The maximum Gasteiger partial charge on any atom is 0.147 e. The van der Waals surface area contributed by atoms with Crippen LogP contribution in [0.25, 0.3) is 22.0 Å². The number of ether oxygens (including phenoxy) is 3. The Morgan fingerprint density at radius 3 is 2.94 bits per heavy atom. The molecule has 168 valence electrons. The molecule has 0 bridgehead atoms. The zero-order chi connectivity index (χ0) is 22.6. The van der Waals surface area contributed by atoms with Gasteiger partial charge in [0.05, 0.1) is 29.4 Å². The van der Waals surface area contributed by atoms with Crippen LogP contribution in [0.2, 0.25) is 0 Å². The van der Waals surface area contributed by atoms with Gasteiger partial charge in [0.15, 0.2) is 0 Å². The maximum absolute atomic E-state index is 6.62. The SMILES string of the molecule is Cc1n[nH]c2ccc(-c3cncc(OC[C@@H](N)C(C4=CC=CCC4)C4=COC=CO4)c3)cc12. The summed E-state index contributed by atoms with van der Waals surface area (Å²) in [4.78, 5) is 4.38. The van der Waals surface area contributed by atoms with Crippen molar-refractivity contribution in [2.45, 2.75) is 25.8 Å². The van der Waals surface area contributed by atoms with E-state index in [1.165, 1.54) is 18.1 Å². The number of allylic oxidation sites excluding steroid dienone is 3. The van der Waals surface area contributed by atoms with Gasteiger partial charge >= 0.3 is 0 Å². The molecule has 5 rings (SSSR count). The van der Waals surface area contributed by atoms with E-state index in [-0.39, 0.29) is 12.0 Å². The molecule has 2 aliphatic rings. The number of nitrogens with one attached hydrogen (secondary N) is 1. The minimum atomic E-state index is -0.322. The van der Waals surface area contributed by atoms with Crippen molar-refractivity contribution in [3.8, 4) is 16.9 Å². The van der Waals surface area contributed by atoms with Gasteiger partial charge in [0.2, 0.25) is 0 Å². The monoisotopic (exact) mass is 442 g/mol. The van der Waals surface area contributed by atoms with E-state index in [1.54, 1.807) is 12.5 Å². The Kier molecular flexibility index (Phi) is 5.95. The Morgan fingerprint density at radius 1 is 1.18 bits per heavy atom. The van der Waals surface area contributed by atoms with Gasteiger partial charge in [0.25, 0.3) is 0 Å². The topological polar surface area (TPSA) is 95.3 Å². The van der Waals surface area contributed by atoms with Gasteiger partial charge in [-0.3, -0.25) is 10.1 Å².